The third-order valence-electron chi connectivity index (χ3n) is 3.12. The molecule has 1 aromatic heterocycles. The summed E-state index contributed by atoms with van der Waals surface area (Å²) in [5.74, 6) is -0.272. The number of carbonyl (C=O) groups excluding carboxylic acids is 2. The minimum atomic E-state index is -0.356. The Balaban J connectivity index is 1.96. The third-order valence-corrected chi connectivity index (χ3v) is 3.86. The van der Waals surface area contributed by atoms with Crippen LogP contribution >= 0.6 is 23.2 Å². The van der Waals surface area contributed by atoms with Crippen molar-refractivity contribution in [3.05, 3.63) is 52.1 Å². The van der Waals surface area contributed by atoms with Crippen LogP contribution in [0, 0.1) is 0 Å². The van der Waals surface area contributed by atoms with E-state index < -0.39 is 0 Å². The molecule has 24 heavy (non-hydrogen) atoms. The van der Waals surface area contributed by atoms with Crippen LogP contribution in [0.15, 0.2) is 36.5 Å². The monoisotopic (exact) mass is 367 g/mol. The van der Waals surface area contributed by atoms with Crippen molar-refractivity contribution in [2.75, 3.05) is 26.0 Å². The Kier molecular flexibility index (Phi) is 6.00. The van der Waals surface area contributed by atoms with E-state index in [1.54, 1.807) is 24.3 Å². The van der Waals surface area contributed by atoms with Crippen LogP contribution in [0.1, 0.15) is 10.4 Å². The van der Waals surface area contributed by atoms with Crippen LogP contribution < -0.4 is 10.1 Å². The highest BCUT2D eigenvalue weighted by atomic mass is 35.5. The number of rotatable bonds is 5. The Hall–Kier alpha value is -2.31. The van der Waals surface area contributed by atoms with Crippen molar-refractivity contribution in [1.82, 2.24) is 9.88 Å². The van der Waals surface area contributed by atoms with Gasteiger partial charge in [-0.05, 0) is 24.3 Å². The van der Waals surface area contributed by atoms with Gasteiger partial charge in [0.1, 0.15) is 0 Å². The van der Waals surface area contributed by atoms with Crippen LogP contribution in [0.3, 0.4) is 0 Å². The van der Waals surface area contributed by atoms with Gasteiger partial charge in [0.15, 0.2) is 0 Å². The molecular formula is C16H15Cl2N3O3. The minimum absolute atomic E-state index is 0.120. The van der Waals surface area contributed by atoms with Crippen molar-refractivity contribution >= 4 is 40.7 Å². The average Bonchev–Trinajstić information content (AvgIpc) is 2.57. The zero-order chi connectivity index (χ0) is 17.7. The maximum Gasteiger partial charge on any atom is 0.255 e. The molecule has 0 fully saturated rings. The first-order valence-corrected chi connectivity index (χ1v) is 7.66. The second kappa shape index (κ2) is 7.99. The van der Waals surface area contributed by atoms with Crippen LogP contribution in [-0.2, 0) is 4.79 Å². The molecule has 2 amide bonds. The van der Waals surface area contributed by atoms with E-state index in [-0.39, 0.29) is 18.4 Å². The van der Waals surface area contributed by atoms with Gasteiger partial charge in [0.2, 0.25) is 11.8 Å². The first-order valence-electron chi connectivity index (χ1n) is 6.91. The molecular weight excluding hydrogens is 353 g/mol. The van der Waals surface area contributed by atoms with E-state index in [0.29, 0.717) is 27.2 Å². The van der Waals surface area contributed by atoms with Crippen molar-refractivity contribution in [1.29, 1.82) is 0 Å². The van der Waals surface area contributed by atoms with Gasteiger partial charge in [0.25, 0.3) is 5.91 Å². The van der Waals surface area contributed by atoms with Crippen molar-refractivity contribution < 1.29 is 14.3 Å². The fourth-order valence-corrected chi connectivity index (χ4v) is 2.21. The van der Waals surface area contributed by atoms with Gasteiger partial charge in [-0.2, -0.15) is 0 Å². The summed E-state index contributed by atoms with van der Waals surface area (Å²) < 4.78 is 4.94. The summed E-state index contributed by atoms with van der Waals surface area (Å²) in [6.07, 6.45) is 1.40. The van der Waals surface area contributed by atoms with Crippen LogP contribution in [0.5, 0.6) is 5.88 Å². The molecule has 126 valence electrons. The highest BCUT2D eigenvalue weighted by Crippen LogP contribution is 2.24. The Labute approximate surface area is 149 Å². The van der Waals surface area contributed by atoms with Crippen molar-refractivity contribution in [2.45, 2.75) is 0 Å². The van der Waals surface area contributed by atoms with E-state index in [2.05, 4.69) is 10.3 Å². The average molecular weight is 368 g/mol. The predicted molar refractivity (Wildman–Crippen MR) is 92.8 cm³/mol. The number of likely N-dealkylation sites (N-methyl/N-ethyl adjacent to an activating group) is 1. The summed E-state index contributed by atoms with van der Waals surface area (Å²) in [6, 6.07) is 7.91. The van der Waals surface area contributed by atoms with E-state index in [4.69, 9.17) is 27.9 Å². The van der Waals surface area contributed by atoms with Gasteiger partial charge in [-0.25, -0.2) is 4.98 Å². The molecule has 6 nitrogen and oxygen atoms in total. The second-order valence-corrected chi connectivity index (χ2v) is 5.74. The predicted octanol–water partition coefficient (Wildman–Crippen LogP) is 3.11. The molecule has 0 saturated heterocycles. The summed E-state index contributed by atoms with van der Waals surface area (Å²) in [7, 11) is 3.02. The number of methoxy groups -OCH3 is 1. The zero-order valence-corrected chi connectivity index (χ0v) is 14.6. The van der Waals surface area contributed by atoms with E-state index in [0.717, 1.165) is 0 Å². The van der Waals surface area contributed by atoms with Gasteiger partial charge in [0, 0.05) is 25.0 Å². The SMILES string of the molecule is COc1ccc(C(=O)N(C)CC(=O)Nc2ccc(Cl)c(Cl)c2)cn1. The highest BCUT2D eigenvalue weighted by molar-refractivity contribution is 6.42. The van der Waals surface area contributed by atoms with E-state index in [1.807, 2.05) is 0 Å². The molecule has 0 atom stereocenters. The summed E-state index contributed by atoms with van der Waals surface area (Å²) in [4.78, 5) is 29.6. The first-order chi connectivity index (χ1) is 11.4. The number of carbonyl (C=O) groups is 2. The standard InChI is InChI=1S/C16H15Cl2N3O3/c1-21(16(23)10-3-6-15(24-2)19-8-10)9-14(22)20-11-4-5-12(17)13(18)7-11/h3-8H,9H2,1-2H3,(H,20,22). The Bertz CT molecular complexity index is 751. The topological polar surface area (TPSA) is 71.5 Å². The number of ether oxygens (including phenoxy) is 1. The molecule has 8 heteroatoms. The molecule has 0 spiro atoms. The molecule has 0 bridgehead atoms. The molecule has 1 N–H and O–H groups in total. The third kappa shape index (κ3) is 4.59. The quantitative estimate of drug-likeness (QED) is 0.880. The lowest BCUT2D eigenvalue weighted by Crippen LogP contribution is -2.35. The number of nitrogens with one attached hydrogen (secondary N) is 1. The normalized spacial score (nSPS) is 10.2. The van der Waals surface area contributed by atoms with E-state index in [9.17, 15) is 9.59 Å². The first kappa shape index (κ1) is 18.0. The molecule has 0 aliphatic rings. The molecule has 0 aliphatic heterocycles. The molecule has 0 radical (unpaired) electrons. The number of aromatic nitrogens is 1. The number of amides is 2. The Morgan fingerprint density at radius 2 is 1.96 bits per heavy atom. The molecule has 0 aliphatic carbocycles. The lowest BCUT2D eigenvalue weighted by atomic mass is 10.2. The molecule has 2 aromatic rings. The highest BCUT2D eigenvalue weighted by Gasteiger charge is 2.16. The lowest BCUT2D eigenvalue weighted by Gasteiger charge is -2.17. The number of hydrogen-bond donors (Lipinski definition) is 1. The Morgan fingerprint density at radius 1 is 1.21 bits per heavy atom. The summed E-state index contributed by atoms with van der Waals surface area (Å²) in [5.41, 5.74) is 0.863. The van der Waals surface area contributed by atoms with Crippen LogP contribution in [0.25, 0.3) is 0 Å². The minimum Gasteiger partial charge on any atom is -0.481 e. The van der Waals surface area contributed by atoms with Crippen LogP contribution in [0.2, 0.25) is 10.0 Å². The summed E-state index contributed by atoms with van der Waals surface area (Å²) in [5, 5.41) is 3.39. The van der Waals surface area contributed by atoms with Gasteiger partial charge in [-0.1, -0.05) is 23.2 Å². The van der Waals surface area contributed by atoms with E-state index in [1.165, 1.54) is 31.3 Å². The molecule has 1 aromatic carbocycles. The summed E-state index contributed by atoms with van der Waals surface area (Å²) in [6.45, 7) is -0.120. The molecule has 1 heterocycles. The van der Waals surface area contributed by atoms with Crippen LogP contribution in [-0.4, -0.2) is 42.4 Å². The van der Waals surface area contributed by atoms with E-state index >= 15 is 0 Å². The van der Waals surface area contributed by atoms with Crippen molar-refractivity contribution in [2.24, 2.45) is 0 Å². The number of nitrogens with zero attached hydrogens (tertiary/aromatic N) is 2. The molecule has 0 unspecified atom stereocenters. The number of benzene rings is 1. The fourth-order valence-electron chi connectivity index (χ4n) is 1.91. The van der Waals surface area contributed by atoms with Crippen LogP contribution in [0.4, 0.5) is 5.69 Å². The van der Waals surface area contributed by atoms with Crippen molar-refractivity contribution in [3.63, 3.8) is 0 Å². The fraction of sp³-hybridized carbons (Fsp3) is 0.188. The van der Waals surface area contributed by atoms with Gasteiger partial charge < -0.3 is 15.0 Å². The smallest absolute Gasteiger partial charge is 0.255 e. The largest absolute Gasteiger partial charge is 0.481 e. The molecule has 0 saturated carbocycles. The maximum absolute atomic E-state index is 12.3. The lowest BCUT2D eigenvalue weighted by molar-refractivity contribution is -0.116. The van der Waals surface area contributed by atoms with Gasteiger partial charge in [0.05, 0.1) is 29.3 Å². The number of pyridine rings is 1. The molecule has 2 rings (SSSR count). The Morgan fingerprint density at radius 3 is 2.54 bits per heavy atom. The van der Waals surface area contributed by atoms with Gasteiger partial charge in [-0.15, -0.1) is 0 Å². The second-order valence-electron chi connectivity index (χ2n) is 4.93. The van der Waals surface area contributed by atoms with Crippen molar-refractivity contribution in [3.8, 4) is 5.88 Å². The van der Waals surface area contributed by atoms with Gasteiger partial charge >= 0.3 is 0 Å². The summed E-state index contributed by atoms with van der Waals surface area (Å²) >= 11 is 11.7. The number of hydrogen-bond acceptors (Lipinski definition) is 4. The number of anilines is 1. The number of halogens is 2. The maximum atomic E-state index is 12.3. The van der Waals surface area contributed by atoms with Gasteiger partial charge in [-0.3, -0.25) is 9.59 Å². The zero-order valence-electron chi connectivity index (χ0n) is 13.0.